The topological polar surface area (TPSA) is 95.6 Å². The molecule has 10 heteroatoms. The first-order valence-corrected chi connectivity index (χ1v) is 13.0. The number of anilines is 2. The van der Waals surface area contributed by atoms with Crippen LogP contribution in [0.25, 0.3) is 0 Å². The van der Waals surface area contributed by atoms with Crippen molar-refractivity contribution >= 4 is 31.4 Å². The third-order valence-corrected chi connectivity index (χ3v) is 8.79. The Hall–Kier alpha value is -1.39. The summed E-state index contributed by atoms with van der Waals surface area (Å²) in [6, 6.07) is 4.55. The zero-order valence-electron chi connectivity index (χ0n) is 16.0. The Labute approximate surface area is 166 Å². The zero-order valence-corrected chi connectivity index (χ0v) is 17.7. The summed E-state index contributed by atoms with van der Waals surface area (Å²) in [6.45, 7) is 2.62. The second-order valence-electron chi connectivity index (χ2n) is 7.53. The van der Waals surface area contributed by atoms with Crippen molar-refractivity contribution in [1.29, 1.82) is 0 Å². The number of nitrogens with one attached hydrogen (secondary N) is 2. The minimum atomic E-state index is -3.40. The van der Waals surface area contributed by atoms with Gasteiger partial charge in [0.05, 0.1) is 17.2 Å². The molecular weight excluding hydrogens is 405 g/mol. The molecule has 158 valence electrons. The number of hydrogen-bond donors (Lipinski definition) is 2. The number of rotatable bonds is 7. The van der Waals surface area contributed by atoms with E-state index in [0.717, 1.165) is 30.0 Å². The zero-order chi connectivity index (χ0) is 20.4. The Morgan fingerprint density at radius 3 is 2.50 bits per heavy atom. The Morgan fingerprint density at radius 1 is 1.21 bits per heavy atom. The number of nitrogens with zero attached hydrogens (tertiary/aromatic N) is 1. The van der Waals surface area contributed by atoms with Gasteiger partial charge in [-0.25, -0.2) is 25.9 Å². The monoisotopic (exact) mass is 433 g/mol. The highest BCUT2D eigenvalue weighted by Gasteiger charge is 2.30. The smallest absolute Gasteiger partial charge is 0.235 e. The molecule has 2 aliphatic rings. The number of benzene rings is 1. The quantitative estimate of drug-likeness (QED) is 0.688. The van der Waals surface area contributed by atoms with Crippen LogP contribution in [0.4, 0.5) is 15.8 Å². The summed E-state index contributed by atoms with van der Waals surface area (Å²) in [5.41, 5.74) is 0.721. The summed E-state index contributed by atoms with van der Waals surface area (Å²) in [4.78, 5) is 0. The lowest BCUT2D eigenvalue weighted by atomic mass is 9.86. The SMILES string of the molecule is CCS(=O)(=O)NC1CCC(CNc2ccc(N3CCCS3(=O)=O)c(F)c2)CC1. The van der Waals surface area contributed by atoms with Crippen LogP contribution in [-0.4, -0.2) is 47.5 Å². The molecule has 1 heterocycles. The highest BCUT2D eigenvalue weighted by atomic mass is 32.2. The van der Waals surface area contributed by atoms with Crippen LogP contribution in [-0.2, 0) is 20.0 Å². The lowest BCUT2D eigenvalue weighted by Crippen LogP contribution is -2.39. The first-order chi connectivity index (χ1) is 13.2. The molecule has 1 saturated carbocycles. The second-order valence-corrected chi connectivity index (χ2v) is 11.6. The van der Waals surface area contributed by atoms with Crippen LogP contribution in [0, 0.1) is 11.7 Å². The molecule has 1 aliphatic carbocycles. The van der Waals surface area contributed by atoms with Gasteiger partial charge in [-0.15, -0.1) is 0 Å². The molecule has 0 atom stereocenters. The molecule has 0 aromatic heterocycles. The van der Waals surface area contributed by atoms with Gasteiger partial charge < -0.3 is 5.32 Å². The van der Waals surface area contributed by atoms with Gasteiger partial charge in [0.2, 0.25) is 20.0 Å². The van der Waals surface area contributed by atoms with Crippen molar-refractivity contribution in [3.05, 3.63) is 24.0 Å². The Morgan fingerprint density at radius 2 is 1.93 bits per heavy atom. The van der Waals surface area contributed by atoms with Gasteiger partial charge in [0.15, 0.2) is 0 Å². The maximum absolute atomic E-state index is 14.4. The van der Waals surface area contributed by atoms with Crippen LogP contribution in [0.15, 0.2) is 18.2 Å². The summed E-state index contributed by atoms with van der Waals surface area (Å²) in [7, 11) is -6.57. The average molecular weight is 434 g/mol. The van der Waals surface area contributed by atoms with E-state index in [1.807, 2.05) is 0 Å². The number of sulfonamides is 2. The molecule has 2 fully saturated rings. The molecule has 1 aromatic carbocycles. The summed E-state index contributed by atoms with van der Waals surface area (Å²) < 4.78 is 65.6. The third kappa shape index (κ3) is 5.15. The maximum atomic E-state index is 14.4. The van der Waals surface area contributed by atoms with E-state index in [2.05, 4.69) is 10.0 Å². The van der Waals surface area contributed by atoms with Crippen molar-refractivity contribution in [2.45, 2.75) is 45.1 Å². The first-order valence-electron chi connectivity index (χ1n) is 9.74. The number of hydrogen-bond acceptors (Lipinski definition) is 5. The van der Waals surface area contributed by atoms with E-state index < -0.39 is 25.9 Å². The first kappa shape index (κ1) is 21.3. The largest absolute Gasteiger partial charge is 0.385 e. The van der Waals surface area contributed by atoms with Crippen LogP contribution < -0.4 is 14.3 Å². The maximum Gasteiger partial charge on any atom is 0.235 e. The van der Waals surface area contributed by atoms with E-state index in [1.54, 1.807) is 13.0 Å². The van der Waals surface area contributed by atoms with Gasteiger partial charge in [-0.3, -0.25) is 4.31 Å². The van der Waals surface area contributed by atoms with E-state index >= 15 is 0 Å². The minimum Gasteiger partial charge on any atom is -0.385 e. The van der Waals surface area contributed by atoms with Crippen molar-refractivity contribution in [2.24, 2.45) is 5.92 Å². The summed E-state index contributed by atoms with van der Waals surface area (Å²) in [6.07, 6.45) is 3.91. The Bertz CT molecular complexity index is 897. The standard InChI is InChI=1S/C18H28FN3O4S2/c1-2-27(23,24)21-15-6-4-14(5-7-15)13-20-16-8-9-18(17(19)12-16)22-10-3-11-28(22,25)26/h8-9,12,14-15,20-21H,2-7,10-11,13H2,1H3. The van der Waals surface area contributed by atoms with Crippen molar-refractivity contribution < 1.29 is 21.2 Å². The fraction of sp³-hybridized carbons (Fsp3) is 0.667. The van der Waals surface area contributed by atoms with Crippen LogP contribution in [0.1, 0.15) is 39.0 Å². The van der Waals surface area contributed by atoms with Crippen molar-refractivity contribution in [3.63, 3.8) is 0 Å². The molecule has 28 heavy (non-hydrogen) atoms. The molecule has 1 aliphatic heterocycles. The number of halogens is 1. The normalized spacial score (nSPS) is 25.0. The van der Waals surface area contributed by atoms with E-state index in [-0.39, 0.29) is 23.2 Å². The average Bonchev–Trinajstić information content (AvgIpc) is 3.00. The van der Waals surface area contributed by atoms with Crippen molar-refractivity contribution in [2.75, 3.05) is 34.2 Å². The summed E-state index contributed by atoms with van der Waals surface area (Å²) in [5, 5.41) is 3.22. The van der Waals surface area contributed by atoms with Gasteiger partial charge in [-0.1, -0.05) is 0 Å². The lowest BCUT2D eigenvalue weighted by molar-refractivity contribution is 0.324. The van der Waals surface area contributed by atoms with E-state index in [4.69, 9.17) is 0 Å². The van der Waals surface area contributed by atoms with Gasteiger partial charge in [-0.05, 0) is 63.1 Å². The second kappa shape index (κ2) is 8.54. The predicted molar refractivity (Wildman–Crippen MR) is 109 cm³/mol. The molecule has 0 unspecified atom stereocenters. The van der Waals surface area contributed by atoms with Crippen molar-refractivity contribution in [3.8, 4) is 0 Å². The lowest BCUT2D eigenvalue weighted by Gasteiger charge is -2.29. The third-order valence-electron chi connectivity index (χ3n) is 5.48. The fourth-order valence-electron chi connectivity index (χ4n) is 3.81. The molecular formula is C18H28FN3O4S2. The summed E-state index contributed by atoms with van der Waals surface area (Å²) in [5.74, 6) is -0.00425. The molecule has 0 spiro atoms. The highest BCUT2D eigenvalue weighted by molar-refractivity contribution is 7.93. The van der Waals surface area contributed by atoms with Crippen LogP contribution >= 0.6 is 0 Å². The van der Waals surface area contributed by atoms with Crippen LogP contribution in [0.2, 0.25) is 0 Å². The van der Waals surface area contributed by atoms with Crippen molar-refractivity contribution in [1.82, 2.24) is 4.72 Å². The fourth-order valence-corrected chi connectivity index (χ4v) is 6.29. The predicted octanol–water partition coefficient (Wildman–Crippen LogP) is 2.28. The van der Waals surface area contributed by atoms with Gasteiger partial charge in [0.1, 0.15) is 5.82 Å². The molecule has 0 radical (unpaired) electrons. The highest BCUT2D eigenvalue weighted by Crippen LogP contribution is 2.30. The van der Waals surface area contributed by atoms with E-state index in [0.29, 0.717) is 31.1 Å². The molecule has 0 amide bonds. The van der Waals surface area contributed by atoms with Gasteiger partial charge >= 0.3 is 0 Å². The molecule has 1 aromatic rings. The van der Waals surface area contributed by atoms with Crippen LogP contribution in [0.3, 0.4) is 0 Å². The van der Waals surface area contributed by atoms with Crippen LogP contribution in [0.5, 0.6) is 0 Å². The Kier molecular flexibility index (Phi) is 6.51. The Balaban J connectivity index is 1.51. The van der Waals surface area contributed by atoms with Gasteiger partial charge in [0.25, 0.3) is 0 Å². The van der Waals surface area contributed by atoms with Gasteiger partial charge in [-0.2, -0.15) is 0 Å². The molecule has 1 saturated heterocycles. The molecule has 3 rings (SSSR count). The van der Waals surface area contributed by atoms with E-state index in [9.17, 15) is 21.2 Å². The summed E-state index contributed by atoms with van der Waals surface area (Å²) >= 11 is 0. The van der Waals surface area contributed by atoms with E-state index in [1.165, 1.54) is 12.1 Å². The molecule has 7 nitrogen and oxygen atoms in total. The van der Waals surface area contributed by atoms with Gasteiger partial charge in [0, 0.05) is 24.8 Å². The molecule has 0 bridgehead atoms. The minimum absolute atomic E-state index is 0.000313. The molecule has 2 N–H and O–H groups in total.